The molecule has 78 valence electrons. The van der Waals surface area contributed by atoms with E-state index in [0.717, 1.165) is 18.4 Å². The second kappa shape index (κ2) is 2.91. The second-order valence-electron chi connectivity index (χ2n) is 4.78. The van der Waals surface area contributed by atoms with Gasteiger partial charge in [0.2, 0.25) is 0 Å². The minimum Gasteiger partial charge on any atom is -0.294 e. The Labute approximate surface area is 88.3 Å². The lowest BCUT2D eigenvalue weighted by molar-refractivity contribution is 0.0974. The fraction of sp³-hybridized carbons (Fsp3) is 0.462. The zero-order valence-electron chi connectivity index (χ0n) is 8.55. The smallest absolute Gasteiger partial charge is 0.164 e. The summed E-state index contributed by atoms with van der Waals surface area (Å²) in [6.45, 7) is 0. The van der Waals surface area contributed by atoms with Crippen molar-refractivity contribution >= 4 is 5.78 Å². The monoisotopic (exact) mass is 204 g/mol. The molecule has 0 radical (unpaired) electrons. The predicted molar refractivity (Wildman–Crippen MR) is 55.5 cm³/mol. The van der Waals surface area contributed by atoms with Gasteiger partial charge in [-0.2, -0.15) is 0 Å². The predicted octanol–water partition coefficient (Wildman–Crippen LogP) is 3.22. The van der Waals surface area contributed by atoms with Crippen LogP contribution < -0.4 is 0 Å². The molecular formula is C13H13FO. The average Bonchev–Trinajstić information content (AvgIpc) is 2.76. The Hall–Kier alpha value is -1.18. The lowest BCUT2D eigenvalue weighted by Crippen LogP contribution is -2.18. The van der Waals surface area contributed by atoms with Crippen molar-refractivity contribution in [3.05, 3.63) is 35.1 Å². The zero-order valence-corrected chi connectivity index (χ0v) is 8.55. The van der Waals surface area contributed by atoms with Crippen molar-refractivity contribution in [2.75, 3.05) is 0 Å². The van der Waals surface area contributed by atoms with Crippen LogP contribution in [0, 0.1) is 5.82 Å². The van der Waals surface area contributed by atoms with Crippen molar-refractivity contribution in [2.24, 2.45) is 0 Å². The highest BCUT2D eigenvalue weighted by atomic mass is 19.1. The number of hydrogen-bond donors (Lipinski definition) is 0. The molecule has 1 aromatic rings. The molecular weight excluding hydrogens is 191 g/mol. The van der Waals surface area contributed by atoms with Gasteiger partial charge in [0.05, 0.1) is 0 Å². The molecule has 1 aromatic carbocycles. The zero-order chi connectivity index (χ0) is 10.5. The fourth-order valence-electron chi connectivity index (χ4n) is 3.21. The summed E-state index contributed by atoms with van der Waals surface area (Å²) >= 11 is 0. The number of carbonyl (C=O) groups is 1. The number of rotatable bonds is 0. The minimum absolute atomic E-state index is 0.0696. The molecule has 1 spiro atoms. The van der Waals surface area contributed by atoms with Crippen molar-refractivity contribution in [1.82, 2.24) is 0 Å². The van der Waals surface area contributed by atoms with Gasteiger partial charge in [-0.1, -0.05) is 18.9 Å². The van der Waals surface area contributed by atoms with Gasteiger partial charge in [-0.15, -0.1) is 0 Å². The molecule has 0 atom stereocenters. The molecule has 2 aliphatic carbocycles. The molecule has 0 heterocycles. The summed E-state index contributed by atoms with van der Waals surface area (Å²) in [4.78, 5) is 11.8. The summed E-state index contributed by atoms with van der Waals surface area (Å²) in [5.74, 6) is -0.163. The van der Waals surface area contributed by atoms with Gasteiger partial charge in [0.1, 0.15) is 5.82 Å². The highest BCUT2D eigenvalue weighted by Gasteiger charge is 2.44. The molecule has 2 heteroatoms. The van der Waals surface area contributed by atoms with E-state index in [2.05, 4.69) is 0 Å². The second-order valence-corrected chi connectivity index (χ2v) is 4.78. The first-order chi connectivity index (χ1) is 7.21. The maximum Gasteiger partial charge on any atom is 0.164 e. The Kier molecular flexibility index (Phi) is 1.76. The molecule has 1 saturated carbocycles. The third-order valence-electron chi connectivity index (χ3n) is 3.91. The van der Waals surface area contributed by atoms with E-state index in [4.69, 9.17) is 0 Å². The summed E-state index contributed by atoms with van der Waals surface area (Å²) in [6, 6.07) is 4.71. The molecule has 0 aromatic heterocycles. The minimum atomic E-state index is -0.294. The average molecular weight is 204 g/mol. The van der Waals surface area contributed by atoms with E-state index in [1.54, 1.807) is 0 Å². The normalized spacial score (nSPS) is 22.3. The van der Waals surface area contributed by atoms with E-state index in [9.17, 15) is 9.18 Å². The van der Waals surface area contributed by atoms with E-state index in [1.165, 1.54) is 25.0 Å². The van der Waals surface area contributed by atoms with Crippen LogP contribution in [0.5, 0.6) is 0 Å². The van der Waals surface area contributed by atoms with Gasteiger partial charge < -0.3 is 0 Å². The van der Waals surface area contributed by atoms with Crippen LogP contribution in [0.1, 0.15) is 48.0 Å². The SMILES string of the molecule is O=C1CC2(CCCC2)c2ccc(F)cc21. The van der Waals surface area contributed by atoms with Crippen molar-refractivity contribution in [3.63, 3.8) is 0 Å². The quantitative estimate of drug-likeness (QED) is 0.634. The molecule has 3 rings (SSSR count). The van der Waals surface area contributed by atoms with Crippen LogP contribution in [-0.2, 0) is 5.41 Å². The lowest BCUT2D eigenvalue weighted by Gasteiger charge is -2.22. The largest absolute Gasteiger partial charge is 0.294 e. The molecule has 2 aliphatic rings. The third-order valence-corrected chi connectivity index (χ3v) is 3.91. The van der Waals surface area contributed by atoms with E-state index >= 15 is 0 Å². The van der Waals surface area contributed by atoms with Gasteiger partial charge in [0.25, 0.3) is 0 Å². The Morgan fingerprint density at radius 2 is 1.93 bits per heavy atom. The Bertz CT molecular complexity index is 430. The number of ketones is 1. The van der Waals surface area contributed by atoms with Crippen LogP contribution in [-0.4, -0.2) is 5.78 Å². The Balaban J connectivity index is 2.17. The third kappa shape index (κ3) is 1.17. The highest BCUT2D eigenvalue weighted by molar-refractivity contribution is 6.02. The Morgan fingerprint density at radius 3 is 2.67 bits per heavy atom. The molecule has 0 unspecified atom stereocenters. The van der Waals surface area contributed by atoms with Crippen molar-refractivity contribution in [1.29, 1.82) is 0 Å². The first-order valence-electron chi connectivity index (χ1n) is 5.55. The molecule has 1 nitrogen and oxygen atoms in total. The summed E-state index contributed by atoms with van der Waals surface area (Å²) in [5.41, 5.74) is 1.81. The van der Waals surface area contributed by atoms with Crippen molar-refractivity contribution < 1.29 is 9.18 Å². The number of benzene rings is 1. The standard InChI is InChI=1S/C13H13FO/c14-9-3-4-11-10(7-9)12(15)8-13(11)5-1-2-6-13/h3-4,7H,1-2,5-6,8H2. The van der Waals surface area contributed by atoms with Gasteiger partial charge in [-0.3, -0.25) is 4.79 Å². The first kappa shape index (κ1) is 9.08. The van der Waals surface area contributed by atoms with Gasteiger partial charge in [-0.05, 0) is 30.5 Å². The van der Waals surface area contributed by atoms with E-state index in [0.29, 0.717) is 12.0 Å². The van der Waals surface area contributed by atoms with Crippen LogP contribution in [0.15, 0.2) is 18.2 Å². The summed E-state index contributed by atoms with van der Waals surface area (Å²) < 4.78 is 13.1. The van der Waals surface area contributed by atoms with Gasteiger partial charge in [-0.25, -0.2) is 4.39 Å². The maximum absolute atomic E-state index is 13.1. The summed E-state index contributed by atoms with van der Waals surface area (Å²) in [5, 5.41) is 0. The molecule has 0 N–H and O–H groups in total. The van der Waals surface area contributed by atoms with Crippen LogP contribution in [0.3, 0.4) is 0 Å². The van der Waals surface area contributed by atoms with Crippen LogP contribution >= 0.6 is 0 Å². The molecule has 0 saturated heterocycles. The first-order valence-corrected chi connectivity index (χ1v) is 5.55. The number of Topliss-reactive ketones (excluding diaryl/α,β-unsaturated/α-hetero) is 1. The topological polar surface area (TPSA) is 17.1 Å². The number of fused-ring (bicyclic) bond motifs is 2. The van der Waals surface area contributed by atoms with Gasteiger partial charge >= 0.3 is 0 Å². The summed E-state index contributed by atoms with van der Waals surface area (Å²) in [6.07, 6.45) is 5.19. The molecule has 0 amide bonds. The molecule has 1 fully saturated rings. The van der Waals surface area contributed by atoms with Crippen LogP contribution in [0.25, 0.3) is 0 Å². The van der Waals surface area contributed by atoms with Crippen LogP contribution in [0.2, 0.25) is 0 Å². The van der Waals surface area contributed by atoms with Crippen molar-refractivity contribution in [3.8, 4) is 0 Å². The molecule has 0 aliphatic heterocycles. The summed E-state index contributed by atoms with van der Waals surface area (Å²) in [7, 11) is 0. The number of halogens is 1. The van der Waals surface area contributed by atoms with E-state index in [1.807, 2.05) is 6.07 Å². The van der Waals surface area contributed by atoms with Gasteiger partial charge in [0.15, 0.2) is 5.78 Å². The van der Waals surface area contributed by atoms with E-state index in [-0.39, 0.29) is 17.0 Å². The highest BCUT2D eigenvalue weighted by Crippen LogP contribution is 2.49. The number of hydrogen-bond acceptors (Lipinski definition) is 1. The van der Waals surface area contributed by atoms with Crippen molar-refractivity contribution in [2.45, 2.75) is 37.5 Å². The fourth-order valence-corrected chi connectivity index (χ4v) is 3.21. The maximum atomic E-state index is 13.1. The number of carbonyl (C=O) groups excluding carboxylic acids is 1. The van der Waals surface area contributed by atoms with E-state index < -0.39 is 0 Å². The van der Waals surface area contributed by atoms with Gasteiger partial charge in [0, 0.05) is 17.4 Å². The Morgan fingerprint density at radius 1 is 1.20 bits per heavy atom. The van der Waals surface area contributed by atoms with Crippen LogP contribution in [0.4, 0.5) is 4.39 Å². The molecule has 15 heavy (non-hydrogen) atoms. The molecule has 0 bridgehead atoms. The lowest BCUT2D eigenvalue weighted by atomic mass is 9.80.